The third kappa shape index (κ3) is 12.9. The first-order valence-corrected chi connectivity index (χ1v) is 5.15. The Morgan fingerprint density at radius 1 is 1.33 bits per heavy atom. The van der Waals surface area contributed by atoms with Crippen LogP contribution in [-0.2, 0) is 9.59 Å². The molecule has 0 aliphatic rings. The molecule has 90 valence electrons. The Morgan fingerprint density at radius 2 is 1.87 bits per heavy atom. The van der Waals surface area contributed by atoms with E-state index in [1.165, 1.54) is 0 Å². The standard InChI is InChI=1S/C8H15NO4.C2H6/c1-6(5-10)4-7(11)9-3-2-8(12)13;1-2/h6,10H,2-5H2,1H3,(H,9,11)(H,12,13);1-2H3. The summed E-state index contributed by atoms with van der Waals surface area (Å²) in [5.41, 5.74) is 0. The predicted octanol–water partition coefficient (Wildman–Crippen LogP) is 0.622. The van der Waals surface area contributed by atoms with Crippen molar-refractivity contribution < 1.29 is 19.8 Å². The largest absolute Gasteiger partial charge is 0.481 e. The third-order valence-electron chi connectivity index (χ3n) is 1.51. The van der Waals surface area contributed by atoms with Crippen molar-refractivity contribution in [1.82, 2.24) is 5.32 Å². The van der Waals surface area contributed by atoms with Crippen molar-refractivity contribution in [2.75, 3.05) is 13.2 Å². The lowest BCUT2D eigenvalue weighted by Gasteiger charge is -2.07. The lowest BCUT2D eigenvalue weighted by molar-refractivity contribution is -0.136. The van der Waals surface area contributed by atoms with Gasteiger partial charge in [-0.25, -0.2) is 0 Å². The molecule has 5 nitrogen and oxygen atoms in total. The van der Waals surface area contributed by atoms with E-state index >= 15 is 0 Å². The number of carbonyl (C=O) groups excluding carboxylic acids is 1. The topological polar surface area (TPSA) is 86.6 Å². The van der Waals surface area contributed by atoms with Crippen LogP contribution in [-0.4, -0.2) is 35.2 Å². The van der Waals surface area contributed by atoms with Gasteiger partial charge < -0.3 is 15.5 Å². The SMILES string of the molecule is CC.CC(CO)CC(=O)NCCC(=O)O. The Hall–Kier alpha value is -1.10. The van der Waals surface area contributed by atoms with Crippen LogP contribution in [0, 0.1) is 5.92 Å². The lowest BCUT2D eigenvalue weighted by Crippen LogP contribution is -2.27. The molecule has 5 heteroatoms. The number of amides is 1. The molecule has 0 aromatic rings. The molecule has 1 amide bonds. The van der Waals surface area contributed by atoms with E-state index in [9.17, 15) is 9.59 Å². The van der Waals surface area contributed by atoms with Gasteiger partial charge in [0.05, 0.1) is 6.42 Å². The second kappa shape index (κ2) is 11.0. The van der Waals surface area contributed by atoms with Crippen molar-refractivity contribution in [3.63, 3.8) is 0 Å². The summed E-state index contributed by atoms with van der Waals surface area (Å²) in [7, 11) is 0. The van der Waals surface area contributed by atoms with E-state index < -0.39 is 5.97 Å². The average Bonchev–Trinajstić information content (AvgIpc) is 2.20. The van der Waals surface area contributed by atoms with Crippen LogP contribution in [0.5, 0.6) is 0 Å². The zero-order valence-electron chi connectivity index (χ0n) is 9.62. The maximum atomic E-state index is 11.0. The van der Waals surface area contributed by atoms with Gasteiger partial charge in [0.15, 0.2) is 0 Å². The van der Waals surface area contributed by atoms with Gasteiger partial charge in [-0.05, 0) is 5.92 Å². The maximum absolute atomic E-state index is 11.0. The Bertz CT molecular complexity index is 182. The lowest BCUT2D eigenvalue weighted by atomic mass is 10.1. The van der Waals surface area contributed by atoms with E-state index in [0.29, 0.717) is 0 Å². The second-order valence-electron chi connectivity index (χ2n) is 2.99. The van der Waals surface area contributed by atoms with E-state index in [1.807, 2.05) is 13.8 Å². The van der Waals surface area contributed by atoms with Crippen LogP contribution < -0.4 is 5.32 Å². The zero-order valence-corrected chi connectivity index (χ0v) is 9.62. The number of aliphatic hydroxyl groups excluding tert-OH is 1. The van der Waals surface area contributed by atoms with Crippen LogP contribution in [0.1, 0.15) is 33.6 Å². The summed E-state index contributed by atoms with van der Waals surface area (Å²) in [6.07, 6.45) is 0.162. The number of rotatable bonds is 6. The fraction of sp³-hybridized carbons (Fsp3) is 0.800. The van der Waals surface area contributed by atoms with Gasteiger partial charge in [-0.1, -0.05) is 20.8 Å². The molecule has 3 N–H and O–H groups in total. The molecule has 0 aliphatic carbocycles. The molecule has 0 heterocycles. The molecule has 1 atom stereocenters. The Kier molecular flexibility index (Phi) is 12.0. The molecular weight excluding hydrogens is 198 g/mol. The summed E-state index contributed by atoms with van der Waals surface area (Å²) in [4.78, 5) is 21.0. The molecule has 0 rings (SSSR count). The molecule has 0 saturated carbocycles. The summed E-state index contributed by atoms with van der Waals surface area (Å²) in [5, 5.41) is 19.3. The van der Waals surface area contributed by atoms with Crippen LogP contribution in [0.2, 0.25) is 0 Å². The van der Waals surface area contributed by atoms with Crippen LogP contribution >= 0.6 is 0 Å². The Morgan fingerprint density at radius 3 is 2.27 bits per heavy atom. The number of aliphatic carboxylic acids is 1. The highest BCUT2D eigenvalue weighted by molar-refractivity contribution is 5.76. The van der Waals surface area contributed by atoms with Crippen molar-refractivity contribution in [3.8, 4) is 0 Å². The van der Waals surface area contributed by atoms with Crippen molar-refractivity contribution in [2.24, 2.45) is 5.92 Å². The first-order valence-electron chi connectivity index (χ1n) is 5.15. The minimum atomic E-state index is -0.935. The normalized spacial score (nSPS) is 10.9. The van der Waals surface area contributed by atoms with E-state index in [1.54, 1.807) is 6.92 Å². The van der Waals surface area contributed by atoms with Gasteiger partial charge in [0.25, 0.3) is 0 Å². The van der Waals surface area contributed by atoms with Crippen LogP contribution in [0.3, 0.4) is 0 Å². The minimum absolute atomic E-state index is 0.0354. The summed E-state index contributed by atoms with van der Waals surface area (Å²) in [5.74, 6) is -1.23. The first kappa shape index (κ1) is 16.3. The van der Waals surface area contributed by atoms with E-state index in [2.05, 4.69) is 5.32 Å². The van der Waals surface area contributed by atoms with Gasteiger partial charge in [-0.15, -0.1) is 0 Å². The number of aliphatic hydroxyl groups is 1. The molecule has 0 radical (unpaired) electrons. The third-order valence-corrected chi connectivity index (χ3v) is 1.51. The molecular formula is C10H21NO4. The number of hydrogen-bond acceptors (Lipinski definition) is 3. The van der Waals surface area contributed by atoms with Gasteiger partial charge in [0, 0.05) is 19.6 Å². The minimum Gasteiger partial charge on any atom is -0.481 e. The molecule has 0 fully saturated rings. The number of nitrogens with one attached hydrogen (secondary N) is 1. The van der Waals surface area contributed by atoms with Crippen molar-refractivity contribution in [1.29, 1.82) is 0 Å². The molecule has 15 heavy (non-hydrogen) atoms. The molecule has 0 bridgehead atoms. The van der Waals surface area contributed by atoms with Gasteiger partial charge >= 0.3 is 5.97 Å². The molecule has 1 unspecified atom stereocenters. The van der Waals surface area contributed by atoms with E-state index in [-0.39, 0.29) is 37.8 Å². The summed E-state index contributed by atoms with van der Waals surface area (Å²) < 4.78 is 0. The zero-order chi connectivity index (χ0) is 12.3. The molecule has 0 aliphatic heterocycles. The van der Waals surface area contributed by atoms with Gasteiger partial charge in [0.2, 0.25) is 5.91 Å². The monoisotopic (exact) mass is 219 g/mol. The van der Waals surface area contributed by atoms with E-state index in [0.717, 1.165) is 0 Å². The van der Waals surface area contributed by atoms with Gasteiger partial charge in [-0.2, -0.15) is 0 Å². The molecule has 0 aromatic heterocycles. The Labute approximate surface area is 90.5 Å². The number of carboxylic acid groups (broad SMARTS) is 1. The van der Waals surface area contributed by atoms with Gasteiger partial charge in [0.1, 0.15) is 0 Å². The Balaban J connectivity index is 0. The highest BCUT2D eigenvalue weighted by atomic mass is 16.4. The van der Waals surface area contributed by atoms with E-state index in [4.69, 9.17) is 10.2 Å². The van der Waals surface area contributed by atoms with Gasteiger partial charge in [-0.3, -0.25) is 9.59 Å². The smallest absolute Gasteiger partial charge is 0.305 e. The number of carboxylic acids is 1. The summed E-state index contributed by atoms with van der Waals surface area (Å²) in [6, 6.07) is 0. The molecule has 0 aromatic carbocycles. The second-order valence-corrected chi connectivity index (χ2v) is 2.99. The van der Waals surface area contributed by atoms with Crippen LogP contribution in [0.25, 0.3) is 0 Å². The number of hydrogen-bond donors (Lipinski definition) is 3. The van der Waals surface area contributed by atoms with Crippen LogP contribution in [0.4, 0.5) is 0 Å². The fourth-order valence-corrected chi connectivity index (χ4v) is 0.762. The quantitative estimate of drug-likeness (QED) is 0.611. The van der Waals surface area contributed by atoms with Crippen molar-refractivity contribution in [3.05, 3.63) is 0 Å². The maximum Gasteiger partial charge on any atom is 0.305 e. The summed E-state index contributed by atoms with van der Waals surface area (Å²) in [6.45, 7) is 5.86. The summed E-state index contributed by atoms with van der Waals surface area (Å²) >= 11 is 0. The highest BCUT2D eigenvalue weighted by Gasteiger charge is 2.07. The van der Waals surface area contributed by atoms with Crippen molar-refractivity contribution >= 4 is 11.9 Å². The predicted molar refractivity (Wildman–Crippen MR) is 57.5 cm³/mol. The van der Waals surface area contributed by atoms with Crippen molar-refractivity contribution in [2.45, 2.75) is 33.6 Å². The first-order chi connectivity index (χ1) is 7.06. The fourth-order valence-electron chi connectivity index (χ4n) is 0.762. The number of carbonyl (C=O) groups is 2. The average molecular weight is 219 g/mol. The van der Waals surface area contributed by atoms with Crippen LogP contribution in [0.15, 0.2) is 0 Å². The highest BCUT2D eigenvalue weighted by Crippen LogP contribution is 1.98. The molecule has 0 spiro atoms. The molecule has 0 saturated heterocycles.